The van der Waals surface area contributed by atoms with Gasteiger partial charge in [-0.3, -0.25) is 0 Å². The largest absolute Gasteiger partial charge is 0.419 e. The van der Waals surface area contributed by atoms with Crippen LogP contribution in [0.3, 0.4) is 0 Å². The van der Waals surface area contributed by atoms with E-state index in [-0.39, 0.29) is 0 Å². The molecule has 0 aliphatic heterocycles. The van der Waals surface area contributed by atoms with Gasteiger partial charge in [0.1, 0.15) is 0 Å². The Morgan fingerprint density at radius 3 is 2.32 bits per heavy atom. The first-order valence-electron chi connectivity index (χ1n) is 9.56. The molecule has 0 unspecified atom stereocenters. The van der Waals surface area contributed by atoms with Crippen molar-refractivity contribution in [3.63, 3.8) is 0 Å². The highest BCUT2D eigenvalue weighted by molar-refractivity contribution is 5.98. The van der Waals surface area contributed by atoms with Crippen molar-refractivity contribution in [2.45, 2.75) is 39.7 Å². The van der Waals surface area contributed by atoms with Gasteiger partial charge in [0.15, 0.2) is 11.5 Å². The summed E-state index contributed by atoms with van der Waals surface area (Å²) in [5.41, 5.74) is 3.14. The molecule has 6 heteroatoms. The topological polar surface area (TPSA) is 76.7 Å². The minimum atomic E-state index is 0.399. The number of nitrogens with zero attached hydrogens (tertiary/aromatic N) is 4. The number of aromatic nitrogens is 4. The standard InChI is InChI=1S/C22H23N5O/c1-4-19-24-27-22(28-19)20-17-7-5-6-8-18(17)21(26-25-20)23-13-15-9-11-16(12-10-15)14(2)3/h5-12,14H,4,13H2,1-3H3,(H,23,26). The number of fused-ring (bicyclic) bond motifs is 1. The van der Waals surface area contributed by atoms with Crippen molar-refractivity contribution in [3.8, 4) is 11.6 Å². The van der Waals surface area contributed by atoms with Crippen LogP contribution in [-0.4, -0.2) is 20.4 Å². The van der Waals surface area contributed by atoms with Gasteiger partial charge in [0.05, 0.1) is 0 Å². The summed E-state index contributed by atoms with van der Waals surface area (Å²) < 4.78 is 5.68. The summed E-state index contributed by atoms with van der Waals surface area (Å²) >= 11 is 0. The predicted molar refractivity (Wildman–Crippen MR) is 110 cm³/mol. The quantitative estimate of drug-likeness (QED) is 0.514. The van der Waals surface area contributed by atoms with Gasteiger partial charge in [-0.05, 0) is 17.0 Å². The summed E-state index contributed by atoms with van der Waals surface area (Å²) in [7, 11) is 0. The number of aryl methyl sites for hydroxylation is 1. The fourth-order valence-electron chi connectivity index (χ4n) is 3.09. The Balaban J connectivity index is 1.62. The summed E-state index contributed by atoms with van der Waals surface area (Å²) in [6, 6.07) is 16.6. The van der Waals surface area contributed by atoms with E-state index in [1.807, 2.05) is 31.2 Å². The highest BCUT2D eigenvalue weighted by Gasteiger charge is 2.16. The zero-order valence-corrected chi connectivity index (χ0v) is 16.3. The molecule has 0 fully saturated rings. The lowest BCUT2D eigenvalue weighted by molar-refractivity contribution is 0.511. The highest BCUT2D eigenvalue weighted by Crippen LogP contribution is 2.29. The number of anilines is 1. The first-order valence-corrected chi connectivity index (χ1v) is 9.56. The molecule has 6 nitrogen and oxygen atoms in total. The normalized spacial score (nSPS) is 11.3. The van der Waals surface area contributed by atoms with Gasteiger partial charge in [0.25, 0.3) is 5.89 Å². The Morgan fingerprint density at radius 2 is 1.64 bits per heavy atom. The van der Waals surface area contributed by atoms with E-state index in [4.69, 9.17) is 4.42 Å². The maximum absolute atomic E-state index is 5.68. The number of hydrogen-bond donors (Lipinski definition) is 1. The average molecular weight is 373 g/mol. The molecule has 0 atom stereocenters. The summed E-state index contributed by atoms with van der Waals surface area (Å²) in [4.78, 5) is 0. The van der Waals surface area contributed by atoms with Crippen LogP contribution in [0.5, 0.6) is 0 Å². The van der Waals surface area contributed by atoms with E-state index >= 15 is 0 Å². The lowest BCUT2D eigenvalue weighted by Crippen LogP contribution is -2.04. The molecular weight excluding hydrogens is 350 g/mol. The van der Waals surface area contributed by atoms with Crippen LogP contribution in [0.25, 0.3) is 22.4 Å². The molecule has 2 aromatic heterocycles. The lowest BCUT2D eigenvalue weighted by atomic mass is 10.0. The van der Waals surface area contributed by atoms with E-state index in [0.29, 0.717) is 36.4 Å². The fraction of sp³-hybridized carbons (Fsp3) is 0.273. The number of rotatable bonds is 6. The molecular formula is C22H23N5O. The Morgan fingerprint density at radius 1 is 0.893 bits per heavy atom. The van der Waals surface area contributed by atoms with Crippen molar-refractivity contribution in [2.24, 2.45) is 0 Å². The van der Waals surface area contributed by atoms with Crippen LogP contribution >= 0.6 is 0 Å². The minimum Gasteiger partial charge on any atom is -0.419 e. The number of hydrogen-bond acceptors (Lipinski definition) is 6. The van der Waals surface area contributed by atoms with E-state index < -0.39 is 0 Å². The molecule has 0 radical (unpaired) electrons. The molecule has 0 saturated heterocycles. The van der Waals surface area contributed by atoms with Gasteiger partial charge in [-0.25, -0.2) is 0 Å². The van der Waals surface area contributed by atoms with E-state index in [1.54, 1.807) is 0 Å². The summed E-state index contributed by atoms with van der Waals surface area (Å²) in [5.74, 6) is 2.26. The molecule has 1 N–H and O–H groups in total. The molecule has 0 bridgehead atoms. The second-order valence-electron chi connectivity index (χ2n) is 7.05. The highest BCUT2D eigenvalue weighted by atomic mass is 16.4. The first kappa shape index (κ1) is 18.1. The van der Waals surface area contributed by atoms with Crippen LogP contribution in [-0.2, 0) is 13.0 Å². The maximum atomic E-state index is 5.68. The van der Waals surface area contributed by atoms with Crippen LogP contribution in [0.2, 0.25) is 0 Å². The third-order valence-corrected chi connectivity index (χ3v) is 4.77. The molecule has 142 valence electrons. The van der Waals surface area contributed by atoms with Gasteiger partial charge in [-0.1, -0.05) is 69.3 Å². The molecule has 0 aliphatic rings. The van der Waals surface area contributed by atoms with Gasteiger partial charge in [0, 0.05) is 23.7 Å². The van der Waals surface area contributed by atoms with Crippen LogP contribution in [0.4, 0.5) is 5.82 Å². The van der Waals surface area contributed by atoms with Crippen LogP contribution in [0, 0.1) is 0 Å². The third kappa shape index (κ3) is 3.58. The molecule has 0 amide bonds. The number of nitrogens with one attached hydrogen (secondary N) is 1. The van der Waals surface area contributed by atoms with Crippen molar-refractivity contribution >= 4 is 16.6 Å². The molecule has 0 aliphatic carbocycles. The first-order chi connectivity index (χ1) is 13.7. The Bertz CT molecular complexity index is 1090. The second-order valence-corrected chi connectivity index (χ2v) is 7.05. The van der Waals surface area contributed by atoms with Gasteiger partial charge < -0.3 is 9.73 Å². The van der Waals surface area contributed by atoms with Gasteiger partial charge in [-0.15, -0.1) is 20.4 Å². The molecule has 0 saturated carbocycles. The second kappa shape index (κ2) is 7.76. The van der Waals surface area contributed by atoms with E-state index in [2.05, 4.69) is 63.8 Å². The Kier molecular flexibility index (Phi) is 5.02. The third-order valence-electron chi connectivity index (χ3n) is 4.77. The zero-order valence-electron chi connectivity index (χ0n) is 16.3. The van der Waals surface area contributed by atoms with Crippen molar-refractivity contribution in [1.82, 2.24) is 20.4 Å². The SMILES string of the molecule is CCc1nnc(-c2nnc(NCc3ccc(C(C)C)cc3)c3ccccc23)o1. The Labute approximate surface area is 164 Å². The summed E-state index contributed by atoms with van der Waals surface area (Å²) in [6.45, 7) is 7.05. The van der Waals surface area contributed by atoms with Crippen molar-refractivity contribution in [2.75, 3.05) is 5.32 Å². The number of benzene rings is 2. The molecule has 2 aromatic carbocycles. The summed E-state index contributed by atoms with van der Waals surface area (Å²) in [5, 5.41) is 22.2. The minimum absolute atomic E-state index is 0.399. The van der Waals surface area contributed by atoms with E-state index in [1.165, 1.54) is 11.1 Å². The van der Waals surface area contributed by atoms with Crippen molar-refractivity contribution in [3.05, 3.63) is 65.5 Å². The van der Waals surface area contributed by atoms with E-state index in [9.17, 15) is 0 Å². The Hall–Kier alpha value is -3.28. The lowest BCUT2D eigenvalue weighted by Gasteiger charge is -2.11. The maximum Gasteiger partial charge on any atom is 0.268 e. The molecule has 0 spiro atoms. The fourth-order valence-corrected chi connectivity index (χ4v) is 3.09. The van der Waals surface area contributed by atoms with Crippen molar-refractivity contribution < 1.29 is 4.42 Å². The monoisotopic (exact) mass is 373 g/mol. The van der Waals surface area contributed by atoms with Gasteiger partial charge in [-0.2, -0.15) is 0 Å². The molecule has 28 heavy (non-hydrogen) atoms. The van der Waals surface area contributed by atoms with Gasteiger partial charge >= 0.3 is 0 Å². The summed E-state index contributed by atoms with van der Waals surface area (Å²) in [6.07, 6.45) is 0.688. The van der Waals surface area contributed by atoms with Gasteiger partial charge in [0.2, 0.25) is 5.89 Å². The average Bonchev–Trinajstić information content (AvgIpc) is 3.21. The zero-order chi connectivity index (χ0) is 19.5. The molecule has 4 aromatic rings. The van der Waals surface area contributed by atoms with Crippen LogP contribution < -0.4 is 5.32 Å². The molecule has 2 heterocycles. The van der Waals surface area contributed by atoms with Crippen LogP contribution in [0.15, 0.2) is 52.9 Å². The van der Waals surface area contributed by atoms with Crippen LogP contribution in [0.1, 0.15) is 43.7 Å². The predicted octanol–water partition coefficient (Wildman–Crippen LogP) is 4.98. The smallest absolute Gasteiger partial charge is 0.268 e. The van der Waals surface area contributed by atoms with E-state index in [0.717, 1.165) is 16.6 Å². The van der Waals surface area contributed by atoms with Crippen molar-refractivity contribution in [1.29, 1.82) is 0 Å². The molecule has 4 rings (SSSR count).